The van der Waals surface area contributed by atoms with Crippen LogP contribution >= 0.6 is 0 Å². The maximum absolute atomic E-state index is 13.3. The minimum atomic E-state index is -0.993. The number of likely N-dealkylation sites (N-methyl/N-ethyl adjacent to an activating group) is 1. The predicted molar refractivity (Wildman–Crippen MR) is 102 cm³/mol. The maximum Gasteiger partial charge on any atom is 0.238 e. The Morgan fingerprint density at radius 2 is 1.44 bits per heavy atom. The first-order valence-electron chi connectivity index (χ1n) is 8.59. The number of benzene rings is 3. The molecular weight excluding hydrogens is 346 g/mol. The van der Waals surface area contributed by atoms with Crippen LogP contribution in [0.2, 0.25) is 0 Å². The first kappa shape index (κ1) is 18.7. The first-order valence-corrected chi connectivity index (χ1v) is 8.59. The Labute approximate surface area is 157 Å². The molecule has 0 heterocycles. The molecule has 0 bridgehead atoms. The summed E-state index contributed by atoms with van der Waals surface area (Å²) in [5.41, 5.74) is 2.35. The third kappa shape index (κ3) is 4.77. The van der Waals surface area contributed by atoms with E-state index in [-0.39, 0.29) is 24.2 Å². The van der Waals surface area contributed by atoms with Gasteiger partial charge in [-0.25, -0.2) is 8.78 Å². The number of nitrogens with one attached hydrogen (secondary N) is 1. The van der Waals surface area contributed by atoms with Gasteiger partial charge in [-0.3, -0.25) is 9.69 Å². The van der Waals surface area contributed by atoms with E-state index in [1.807, 2.05) is 72.6 Å². The van der Waals surface area contributed by atoms with Gasteiger partial charge in [0.05, 0.1) is 12.6 Å². The van der Waals surface area contributed by atoms with Crippen molar-refractivity contribution in [3.8, 4) is 0 Å². The van der Waals surface area contributed by atoms with Crippen molar-refractivity contribution in [2.45, 2.75) is 6.04 Å². The molecule has 0 aromatic heterocycles. The van der Waals surface area contributed by atoms with Crippen molar-refractivity contribution in [2.24, 2.45) is 0 Å². The molecule has 0 aliphatic carbocycles. The zero-order chi connectivity index (χ0) is 19.2. The van der Waals surface area contributed by atoms with E-state index in [0.717, 1.165) is 23.3 Å². The van der Waals surface area contributed by atoms with E-state index in [2.05, 4.69) is 5.32 Å². The monoisotopic (exact) mass is 366 g/mol. The average Bonchev–Trinajstić information content (AvgIpc) is 2.66. The van der Waals surface area contributed by atoms with E-state index in [1.165, 1.54) is 6.07 Å². The lowest BCUT2D eigenvalue weighted by atomic mass is 9.97. The van der Waals surface area contributed by atoms with Gasteiger partial charge in [-0.2, -0.15) is 0 Å². The van der Waals surface area contributed by atoms with Crippen LogP contribution in [0.5, 0.6) is 0 Å². The molecule has 0 radical (unpaired) electrons. The van der Waals surface area contributed by atoms with Crippen LogP contribution in [0.3, 0.4) is 0 Å². The molecule has 5 heteroatoms. The first-order chi connectivity index (χ1) is 13.0. The fraction of sp³-hybridized carbons (Fsp3) is 0.136. The van der Waals surface area contributed by atoms with Gasteiger partial charge in [-0.05, 0) is 30.3 Å². The Hall–Kier alpha value is -3.05. The van der Waals surface area contributed by atoms with Crippen LogP contribution in [0.1, 0.15) is 17.2 Å². The standard InChI is InChI=1S/C22H20F2N2O/c1-26(15-21(27)25-18-12-13-19(23)20(24)14-18)22(16-8-4-2-5-9-16)17-10-6-3-7-11-17/h2-14,22H,15H2,1H3,(H,25,27). The smallest absolute Gasteiger partial charge is 0.238 e. The van der Waals surface area contributed by atoms with E-state index < -0.39 is 11.6 Å². The summed E-state index contributed by atoms with van der Waals surface area (Å²) >= 11 is 0. The summed E-state index contributed by atoms with van der Waals surface area (Å²) in [4.78, 5) is 14.3. The molecule has 0 fully saturated rings. The lowest BCUT2D eigenvalue weighted by Gasteiger charge is -2.28. The molecule has 3 aromatic carbocycles. The molecule has 0 aliphatic rings. The number of halogens is 2. The van der Waals surface area contributed by atoms with Gasteiger partial charge >= 0.3 is 0 Å². The van der Waals surface area contributed by atoms with Crippen LogP contribution < -0.4 is 5.32 Å². The van der Waals surface area contributed by atoms with Gasteiger partial charge in [-0.1, -0.05) is 60.7 Å². The highest BCUT2D eigenvalue weighted by Crippen LogP contribution is 2.27. The van der Waals surface area contributed by atoms with Crippen LogP contribution in [0, 0.1) is 11.6 Å². The highest BCUT2D eigenvalue weighted by atomic mass is 19.2. The molecule has 0 saturated carbocycles. The predicted octanol–water partition coefficient (Wildman–Crippen LogP) is 4.62. The number of hydrogen-bond donors (Lipinski definition) is 1. The van der Waals surface area contributed by atoms with E-state index in [9.17, 15) is 13.6 Å². The summed E-state index contributed by atoms with van der Waals surface area (Å²) in [5.74, 6) is -2.24. The van der Waals surface area contributed by atoms with Crippen molar-refractivity contribution in [2.75, 3.05) is 18.9 Å². The molecule has 27 heavy (non-hydrogen) atoms. The second-order valence-corrected chi connectivity index (χ2v) is 6.32. The maximum atomic E-state index is 13.3. The van der Waals surface area contributed by atoms with Gasteiger partial charge in [0.25, 0.3) is 0 Å². The number of hydrogen-bond acceptors (Lipinski definition) is 2. The van der Waals surface area contributed by atoms with Gasteiger partial charge in [0, 0.05) is 11.8 Å². The van der Waals surface area contributed by atoms with E-state index in [0.29, 0.717) is 0 Å². The third-order valence-electron chi connectivity index (χ3n) is 4.27. The number of nitrogens with zero attached hydrogens (tertiary/aromatic N) is 1. The summed E-state index contributed by atoms with van der Waals surface area (Å²) in [6.45, 7) is 0.0907. The molecule has 3 nitrogen and oxygen atoms in total. The van der Waals surface area contributed by atoms with Crippen LogP contribution in [0.25, 0.3) is 0 Å². The summed E-state index contributed by atoms with van der Waals surface area (Å²) < 4.78 is 26.4. The SMILES string of the molecule is CN(CC(=O)Nc1ccc(F)c(F)c1)C(c1ccccc1)c1ccccc1. The molecule has 3 aromatic rings. The molecule has 0 atom stereocenters. The van der Waals surface area contributed by atoms with Crippen molar-refractivity contribution in [3.63, 3.8) is 0 Å². The van der Waals surface area contributed by atoms with E-state index >= 15 is 0 Å². The fourth-order valence-electron chi connectivity index (χ4n) is 3.06. The minimum absolute atomic E-state index is 0.0907. The zero-order valence-corrected chi connectivity index (χ0v) is 14.9. The third-order valence-corrected chi connectivity index (χ3v) is 4.27. The summed E-state index contributed by atoms with van der Waals surface area (Å²) in [6.07, 6.45) is 0. The number of amides is 1. The Morgan fingerprint density at radius 3 is 1.96 bits per heavy atom. The quantitative estimate of drug-likeness (QED) is 0.690. The van der Waals surface area contributed by atoms with Gasteiger partial charge in [0.1, 0.15) is 0 Å². The van der Waals surface area contributed by atoms with Crippen LogP contribution in [0.4, 0.5) is 14.5 Å². The zero-order valence-electron chi connectivity index (χ0n) is 14.9. The van der Waals surface area contributed by atoms with E-state index in [4.69, 9.17) is 0 Å². The normalized spacial score (nSPS) is 11.0. The highest BCUT2D eigenvalue weighted by Gasteiger charge is 2.21. The number of carbonyl (C=O) groups is 1. The largest absolute Gasteiger partial charge is 0.325 e. The molecule has 1 amide bonds. The van der Waals surface area contributed by atoms with Gasteiger partial charge < -0.3 is 5.32 Å². The lowest BCUT2D eigenvalue weighted by molar-refractivity contribution is -0.117. The van der Waals surface area contributed by atoms with Gasteiger partial charge in [0.2, 0.25) is 5.91 Å². The molecule has 1 N–H and O–H groups in total. The van der Waals surface area contributed by atoms with Gasteiger partial charge in [-0.15, -0.1) is 0 Å². The average molecular weight is 366 g/mol. The summed E-state index contributed by atoms with van der Waals surface area (Å²) in [5, 5.41) is 2.61. The van der Waals surface area contributed by atoms with Crippen molar-refractivity contribution in [1.29, 1.82) is 0 Å². The lowest BCUT2D eigenvalue weighted by Crippen LogP contribution is -2.34. The summed E-state index contributed by atoms with van der Waals surface area (Å²) in [6, 6.07) is 23.0. The molecule has 0 unspecified atom stereocenters. The van der Waals surface area contributed by atoms with Crippen LogP contribution in [-0.4, -0.2) is 24.4 Å². The van der Waals surface area contributed by atoms with Crippen molar-refractivity contribution < 1.29 is 13.6 Å². The molecule has 3 rings (SSSR count). The minimum Gasteiger partial charge on any atom is -0.325 e. The Morgan fingerprint density at radius 1 is 0.889 bits per heavy atom. The number of carbonyl (C=O) groups excluding carboxylic acids is 1. The number of rotatable bonds is 6. The van der Waals surface area contributed by atoms with E-state index in [1.54, 1.807) is 0 Å². The fourth-order valence-corrected chi connectivity index (χ4v) is 3.06. The Bertz CT molecular complexity index is 861. The molecule has 0 spiro atoms. The second kappa shape index (κ2) is 8.56. The van der Waals surface area contributed by atoms with Crippen molar-refractivity contribution in [1.82, 2.24) is 4.90 Å². The van der Waals surface area contributed by atoms with Crippen molar-refractivity contribution in [3.05, 3.63) is 102 Å². The molecule has 0 aliphatic heterocycles. The Kier molecular flexibility index (Phi) is 5.94. The molecular formula is C22H20F2N2O. The Balaban J connectivity index is 1.77. The highest BCUT2D eigenvalue weighted by molar-refractivity contribution is 5.92. The van der Waals surface area contributed by atoms with Crippen molar-refractivity contribution >= 4 is 11.6 Å². The van der Waals surface area contributed by atoms with Crippen LogP contribution in [-0.2, 0) is 4.79 Å². The second-order valence-electron chi connectivity index (χ2n) is 6.32. The summed E-state index contributed by atoms with van der Waals surface area (Å²) in [7, 11) is 1.86. The topological polar surface area (TPSA) is 32.3 Å². The van der Waals surface area contributed by atoms with Crippen LogP contribution in [0.15, 0.2) is 78.9 Å². The molecule has 138 valence electrons. The molecule has 0 saturated heterocycles. The number of anilines is 1. The van der Waals surface area contributed by atoms with Gasteiger partial charge in [0.15, 0.2) is 11.6 Å².